The molecule has 0 spiro atoms. The third-order valence-corrected chi connectivity index (χ3v) is 3.30. The Morgan fingerprint density at radius 1 is 1.26 bits per heavy atom. The third kappa shape index (κ3) is 3.33. The van der Waals surface area contributed by atoms with Crippen LogP contribution in [0, 0.1) is 12.7 Å². The summed E-state index contributed by atoms with van der Waals surface area (Å²) in [6.07, 6.45) is 0. The Bertz CT molecular complexity index is 599. The monoisotopic (exact) mass is 323 g/mol. The van der Waals surface area contributed by atoms with Crippen LogP contribution in [0.1, 0.15) is 24.1 Å². The van der Waals surface area contributed by atoms with Gasteiger partial charge in [0.1, 0.15) is 17.3 Å². The highest BCUT2D eigenvalue weighted by molar-refractivity contribution is 9.10. The molecule has 0 bridgehead atoms. The lowest BCUT2D eigenvalue weighted by atomic mass is 10.1. The molecule has 0 amide bonds. The van der Waals surface area contributed by atoms with Crippen molar-refractivity contribution in [1.82, 2.24) is 0 Å². The van der Waals surface area contributed by atoms with Crippen LogP contribution >= 0.6 is 15.9 Å². The predicted molar refractivity (Wildman–Crippen MR) is 78.0 cm³/mol. The van der Waals surface area contributed by atoms with E-state index < -0.39 is 0 Å². The number of hydrogen-bond acceptors (Lipinski definition) is 2. The van der Waals surface area contributed by atoms with Crippen LogP contribution in [0.4, 0.5) is 4.39 Å². The fraction of sp³-hybridized carbons (Fsp3) is 0.200. The number of nitrogens with two attached hydrogens (primary N) is 1. The second-order valence-electron chi connectivity index (χ2n) is 4.49. The van der Waals surface area contributed by atoms with E-state index in [4.69, 9.17) is 10.5 Å². The van der Waals surface area contributed by atoms with Crippen molar-refractivity contribution in [2.24, 2.45) is 5.73 Å². The topological polar surface area (TPSA) is 35.2 Å². The van der Waals surface area contributed by atoms with Crippen LogP contribution in [0.15, 0.2) is 40.9 Å². The molecule has 0 aliphatic rings. The van der Waals surface area contributed by atoms with E-state index in [1.807, 2.05) is 24.3 Å². The summed E-state index contributed by atoms with van der Waals surface area (Å²) < 4.78 is 20.3. The molecule has 19 heavy (non-hydrogen) atoms. The zero-order valence-corrected chi connectivity index (χ0v) is 12.4. The van der Waals surface area contributed by atoms with Crippen LogP contribution in [0.3, 0.4) is 0 Å². The van der Waals surface area contributed by atoms with Crippen LogP contribution in [0.25, 0.3) is 0 Å². The minimum Gasteiger partial charge on any atom is -0.457 e. The molecule has 2 rings (SSSR count). The molecule has 0 saturated carbocycles. The van der Waals surface area contributed by atoms with Crippen LogP contribution < -0.4 is 10.5 Å². The van der Waals surface area contributed by atoms with Crippen LogP contribution in [0.2, 0.25) is 0 Å². The van der Waals surface area contributed by atoms with E-state index in [1.54, 1.807) is 19.9 Å². The highest BCUT2D eigenvalue weighted by Crippen LogP contribution is 2.32. The Kier molecular flexibility index (Phi) is 4.22. The normalized spacial score (nSPS) is 12.3. The van der Waals surface area contributed by atoms with E-state index in [0.717, 1.165) is 4.47 Å². The minimum atomic E-state index is -0.294. The molecule has 0 fully saturated rings. The van der Waals surface area contributed by atoms with Crippen molar-refractivity contribution in [3.05, 3.63) is 57.8 Å². The Labute approximate surface area is 120 Å². The van der Waals surface area contributed by atoms with E-state index in [2.05, 4.69) is 15.9 Å². The summed E-state index contributed by atoms with van der Waals surface area (Å²) in [7, 11) is 0. The molecule has 1 atom stereocenters. The molecule has 2 aromatic rings. The number of hydrogen-bond donors (Lipinski definition) is 1. The highest BCUT2D eigenvalue weighted by Gasteiger charge is 2.13. The molecule has 4 heteroatoms. The molecule has 2 nitrogen and oxygen atoms in total. The Balaban J connectivity index is 2.41. The second-order valence-corrected chi connectivity index (χ2v) is 5.40. The fourth-order valence-electron chi connectivity index (χ4n) is 1.77. The standard InChI is InChI=1S/C15H15BrFNO/c1-9-6-15(13(10(2)18)8-14(9)17)19-12-5-3-4-11(16)7-12/h3-8,10H,18H2,1-2H3. The SMILES string of the molecule is Cc1cc(Oc2cccc(Br)c2)c(C(C)N)cc1F. The third-order valence-electron chi connectivity index (χ3n) is 2.81. The van der Waals surface area contributed by atoms with Crippen molar-refractivity contribution >= 4 is 15.9 Å². The van der Waals surface area contributed by atoms with Gasteiger partial charge in [0.15, 0.2) is 0 Å². The maximum Gasteiger partial charge on any atom is 0.132 e. The Morgan fingerprint density at radius 2 is 2.00 bits per heavy atom. The molecule has 0 heterocycles. The van der Waals surface area contributed by atoms with Gasteiger partial charge in [-0.05, 0) is 49.7 Å². The van der Waals surface area contributed by atoms with Gasteiger partial charge in [0.2, 0.25) is 0 Å². The van der Waals surface area contributed by atoms with Gasteiger partial charge >= 0.3 is 0 Å². The van der Waals surface area contributed by atoms with Crippen LogP contribution in [0.5, 0.6) is 11.5 Å². The fourth-order valence-corrected chi connectivity index (χ4v) is 2.15. The zero-order valence-electron chi connectivity index (χ0n) is 10.8. The number of rotatable bonds is 3. The molecular weight excluding hydrogens is 309 g/mol. The average molecular weight is 324 g/mol. The van der Waals surface area contributed by atoms with Crippen molar-refractivity contribution in [1.29, 1.82) is 0 Å². The van der Waals surface area contributed by atoms with E-state index in [9.17, 15) is 4.39 Å². The summed E-state index contributed by atoms with van der Waals surface area (Å²) in [5.41, 5.74) is 7.05. The van der Waals surface area contributed by atoms with Gasteiger partial charge in [-0.25, -0.2) is 4.39 Å². The van der Waals surface area contributed by atoms with Gasteiger partial charge in [-0.1, -0.05) is 22.0 Å². The van der Waals surface area contributed by atoms with Crippen LogP contribution in [-0.4, -0.2) is 0 Å². The molecule has 0 aliphatic carbocycles. The number of aryl methyl sites for hydroxylation is 1. The van der Waals surface area contributed by atoms with E-state index in [-0.39, 0.29) is 11.9 Å². The van der Waals surface area contributed by atoms with E-state index in [0.29, 0.717) is 22.6 Å². The second kappa shape index (κ2) is 5.72. The van der Waals surface area contributed by atoms with Crippen molar-refractivity contribution < 1.29 is 9.13 Å². The number of benzene rings is 2. The minimum absolute atomic E-state index is 0.270. The lowest BCUT2D eigenvalue weighted by Gasteiger charge is -2.15. The van der Waals surface area contributed by atoms with Crippen molar-refractivity contribution in [3.63, 3.8) is 0 Å². The first-order chi connectivity index (χ1) is 8.97. The molecule has 0 radical (unpaired) electrons. The first-order valence-corrected chi connectivity index (χ1v) is 6.75. The summed E-state index contributed by atoms with van der Waals surface area (Å²) in [6, 6.07) is 10.3. The molecular formula is C15H15BrFNO. The summed E-state index contributed by atoms with van der Waals surface area (Å²) in [5.74, 6) is 1.00. The summed E-state index contributed by atoms with van der Waals surface area (Å²) in [6.45, 7) is 3.51. The number of ether oxygens (including phenoxy) is 1. The Hall–Kier alpha value is -1.39. The van der Waals surface area contributed by atoms with Crippen molar-refractivity contribution in [2.45, 2.75) is 19.9 Å². The molecule has 2 N–H and O–H groups in total. The van der Waals surface area contributed by atoms with Gasteiger partial charge in [-0.15, -0.1) is 0 Å². The molecule has 1 unspecified atom stereocenters. The molecule has 0 aromatic heterocycles. The van der Waals surface area contributed by atoms with Gasteiger partial charge in [0.25, 0.3) is 0 Å². The van der Waals surface area contributed by atoms with Gasteiger partial charge in [-0.3, -0.25) is 0 Å². The smallest absolute Gasteiger partial charge is 0.132 e. The van der Waals surface area contributed by atoms with Gasteiger partial charge in [0, 0.05) is 16.1 Å². The largest absolute Gasteiger partial charge is 0.457 e. The van der Waals surface area contributed by atoms with Gasteiger partial charge in [0.05, 0.1) is 0 Å². The lowest BCUT2D eigenvalue weighted by Crippen LogP contribution is -2.08. The van der Waals surface area contributed by atoms with E-state index >= 15 is 0 Å². The van der Waals surface area contributed by atoms with Gasteiger partial charge < -0.3 is 10.5 Å². The lowest BCUT2D eigenvalue weighted by molar-refractivity contribution is 0.468. The average Bonchev–Trinajstić information content (AvgIpc) is 2.33. The van der Waals surface area contributed by atoms with Crippen molar-refractivity contribution in [2.75, 3.05) is 0 Å². The number of halogens is 2. The zero-order chi connectivity index (χ0) is 14.0. The summed E-state index contributed by atoms with van der Waals surface area (Å²) in [4.78, 5) is 0. The molecule has 0 saturated heterocycles. The Morgan fingerprint density at radius 3 is 2.63 bits per heavy atom. The maximum atomic E-state index is 13.6. The first kappa shape index (κ1) is 14.0. The molecule has 0 aliphatic heterocycles. The van der Waals surface area contributed by atoms with E-state index in [1.165, 1.54) is 6.07 Å². The highest BCUT2D eigenvalue weighted by atomic mass is 79.9. The predicted octanol–water partition coefficient (Wildman–Crippen LogP) is 4.71. The van der Waals surface area contributed by atoms with Crippen LogP contribution in [-0.2, 0) is 0 Å². The molecule has 2 aromatic carbocycles. The maximum absolute atomic E-state index is 13.6. The van der Waals surface area contributed by atoms with Gasteiger partial charge in [-0.2, -0.15) is 0 Å². The first-order valence-electron chi connectivity index (χ1n) is 5.96. The summed E-state index contributed by atoms with van der Waals surface area (Å²) in [5, 5.41) is 0. The van der Waals surface area contributed by atoms with Crippen molar-refractivity contribution in [3.8, 4) is 11.5 Å². The summed E-state index contributed by atoms with van der Waals surface area (Å²) >= 11 is 3.38. The molecule has 100 valence electrons. The quantitative estimate of drug-likeness (QED) is 0.887.